The van der Waals surface area contributed by atoms with Gasteiger partial charge in [-0.2, -0.15) is 4.39 Å². The summed E-state index contributed by atoms with van der Waals surface area (Å²) < 4.78 is 20.4. The van der Waals surface area contributed by atoms with Crippen LogP contribution in [0.15, 0.2) is 0 Å². The Balaban J connectivity index is 2.69. The number of halogens is 2. The van der Waals surface area contributed by atoms with Crippen molar-refractivity contribution < 1.29 is 18.7 Å². The molecule has 0 radical (unpaired) electrons. The van der Waals surface area contributed by atoms with E-state index in [2.05, 4.69) is 9.47 Å². The van der Waals surface area contributed by atoms with Crippen LogP contribution < -0.4 is 0 Å². The molecule has 5 heteroatoms. The van der Waals surface area contributed by atoms with Crippen molar-refractivity contribution >= 4 is 17.8 Å². The first-order valence-electron chi connectivity index (χ1n) is 2.25. The van der Waals surface area contributed by atoms with Gasteiger partial charge in [0.15, 0.2) is 0 Å². The Morgan fingerprint density at radius 2 is 2.44 bits per heavy atom. The van der Waals surface area contributed by atoms with Crippen molar-refractivity contribution in [3.8, 4) is 0 Å². The number of alkyl halides is 2. The van der Waals surface area contributed by atoms with E-state index in [1.54, 1.807) is 0 Å². The largest absolute Gasteiger partial charge is 0.513 e. The molecule has 3 nitrogen and oxygen atoms in total. The van der Waals surface area contributed by atoms with E-state index in [1.165, 1.54) is 6.92 Å². The number of hydrogen-bond donors (Lipinski definition) is 0. The molecule has 0 aromatic rings. The maximum atomic E-state index is 12.3. The first kappa shape index (κ1) is 6.61. The lowest BCUT2D eigenvalue weighted by atomic mass is 10.4. The highest BCUT2D eigenvalue weighted by molar-refractivity contribution is 6.23. The standard InChI is InChI=1S/C4H4ClFO3/c1-4(5)2(6)8-3(7)9-4/h2H,1H3. The molecule has 2 atom stereocenters. The highest BCUT2D eigenvalue weighted by atomic mass is 35.5. The van der Waals surface area contributed by atoms with E-state index in [1.807, 2.05) is 0 Å². The number of rotatable bonds is 0. The van der Waals surface area contributed by atoms with Gasteiger partial charge in [0, 0.05) is 0 Å². The molecule has 9 heavy (non-hydrogen) atoms. The third kappa shape index (κ3) is 1.08. The van der Waals surface area contributed by atoms with Gasteiger partial charge >= 0.3 is 6.16 Å². The van der Waals surface area contributed by atoms with Crippen LogP contribution in [0.4, 0.5) is 9.18 Å². The molecule has 0 spiro atoms. The molecule has 1 heterocycles. The Bertz CT molecular complexity index is 147. The number of hydrogen-bond acceptors (Lipinski definition) is 3. The second-order valence-electron chi connectivity index (χ2n) is 1.77. The van der Waals surface area contributed by atoms with Crippen LogP contribution in [0.2, 0.25) is 0 Å². The molecule has 2 unspecified atom stereocenters. The highest BCUT2D eigenvalue weighted by Crippen LogP contribution is 2.31. The number of cyclic esters (lactones) is 2. The third-order valence-electron chi connectivity index (χ3n) is 0.888. The summed E-state index contributed by atoms with van der Waals surface area (Å²) >= 11 is 5.27. The Morgan fingerprint density at radius 1 is 1.89 bits per heavy atom. The minimum absolute atomic E-state index is 1.07. The maximum Gasteiger partial charge on any atom is 0.513 e. The van der Waals surface area contributed by atoms with Gasteiger partial charge in [-0.25, -0.2) is 4.79 Å². The molecule has 52 valence electrons. The predicted octanol–water partition coefficient (Wildman–Crippen LogP) is 1.40. The van der Waals surface area contributed by atoms with Gasteiger partial charge in [-0.1, -0.05) is 11.6 Å². The van der Waals surface area contributed by atoms with Gasteiger partial charge in [0.05, 0.1) is 0 Å². The van der Waals surface area contributed by atoms with Crippen LogP contribution in [0.25, 0.3) is 0 Å². The average molecular weight is 155 g/mol. The van der Waals surface area contributed by atoms with Crippen molar-refractivity contribution in [2.24, 2.45) is 0 Å². The summed E-state index contributed by atoms with van der Waals surface area (Å²) in [5.41, 5.74) is 0. The topological polar surface area (TPSA) is 35.5 Å². The fourth-order valence-corrected chi connectivity index (χ4v) is 0.531. The van der Waals surface area contributed by atoms with Crippen LogP contribution in [0.3, 0.4) is 0 Å². The van der Waals surface area contributed by atoms with Crippen LogP contribution in [0.5, 0.6) is 0 Å². The lowest BCUT2D eigenvalue weighted by Gasteiger charge is -2.10. The molecule has 1 rings (SSSR count). The van der Waals surface area contributed by atoms with E-state index < -0.39 is 17.6 Å². The molecule has 1 saturated heterocycles. The lowest BCUT2D eigenvalue weighted by molar-refractivity contribution is 0.0196. The summed E-state index contributed by atoms with van der Waals surface area (Å²) in [6, 6.07) is 0. The minimum Gasteiger partial charge on any atom is -0.405 e. The molecule has 0 saturated carbocycles. The van der Waals surface area contributed by atoms with Crippen molar-refractivity contribution in [2.75, 3.05) is 0 Å². The second-order valence-corrected chi connectivity index (χ2v) is 2.52. The average Bonchev–Trinajstić information content (AvgIpc) is 1.79. The van der Waals surface area contributed by atoms with Crippen LogP contribution in [-0.2, 0) is 9.47 Å². The lowest BCUT2D eigenvalue weighted by Crippen LogP contribution is -2.25. The summed E-state index contributed by atoms with van der Waals surface area (Å²) in [6.07, 6.45) is -2.94. The summed E-state index contributed by atoms with van der Waals surface area (Å²) in [4.78, 5) is 10.1. The zero-order valence-electron chi connectivity index (χ0n) is 4.56. The van der Waals surface area contributed by atoms with E-state index in [4.69, 9.17) is 11.6 Å². The molecule has 1 fully saturated rings. The Labute approximate surface area is 55.7 Å². The van der Waals surface area contributed by atoms with E-state index >= 15 is 0 Å². The molecule has 1 aliphatic heterocycles. The molecule has 0 bridgehead atoms. The minimum atomic E-state index is -1.87. The van der Waals surface area contributed by atoms with Crippen LogP contribution in [0.1, 0.15) is 6.92 Å². The van der Waals surface area contributed by atoms with E-state index in [0.717, 1.165) is 0 Å². The summed E-state index contributed by atoms with van der Waals surface area (Å²) in [6.45, 7) is 1.21. The van der Waals surface area contributed by atoms with Gasteiger partial charge in [0.2, 0.25) is 0 Å². The Morgan fingerprint density at radius 3 is 2.56 bits per heavy atom. The van der Waals surface area contributed by atoms with Crippen molar-refractivity contribution in [2.45, 2.75) is 18.3 Å². The third-order valence-corrected chi connectivity index (χ3v) is 1.14. The fraction of sp³-hybridized carbons (Fsp3) is 0.750. The number of carbonyl (C=O) groups excluding carboxylic acids is 1. The van der Waals surface area contributed by atoms with Crippen molar-refractivity contribution in [1.29, 1.82) is 0 Å². The van der Waals surface area contributed by atoms with E-state index in [0.29, 0.717) is 0 Å². The number of ether oxygens (including phenoxy) is 2. The summed E-state index contributed by atoms with van der Waals surface area (Å²) in [5, 5.41) is -1.64. The zero-order chi connectivity index (χ0) is 7.07. The number of carbonyl (C=O) groups is 1. The molecular formula is C4H4ClFO3. The SMILES string of the molecule is CC1(Cl)OC(=O)OC1F. The van der Waals surface area contributed by atoms with Gasteiger partial charge in [0.25, 0.3) is 11.4 Å². The quantitative estimate of drug-likeness (QED) is 0.391. The summed E-state index contributed by atoms with van der Waals surface area (Å²) in [7, 11) is 0. The van der Waals surface area contributed by atoms with Gasteiger partial charge in [-0.3, -0.25) is 0 Å². The highest BCUT2D eigenvalue weighted by Gasteiger charge is 2.46. The first-order valence-corrected chi connectivity index (χ1v) is 2.63. The van der Waals surface area contributed by atoms with Gasteiger partial charge < -0.3 is 9.47 Å². The van der Waals surface area contributed by atoms with Crippen molar-refractivity contribution in [3.63, 3.8) is 0 Å². The molecule has 0 aromatic heterocycles. The fourth-order valence-electron chi connectivity index (χ4n) is 0.423. The monoisotopic (exact) mass is 154 g/mol. The Hall–Kier alpha value is -0.510. The van der Waals surface area contributed by atoms with Crippen LogP contribution in [0, 0.1) is 0 Å². The van der Waals surface area contributed by atoms with Gasteiger partial charge in [-0.15, -0.1) is 0 Å². The molecule has 0 amide bonds. The molecule has 0 aromatic carbocycles. The Kier molecular flexibility index (Phi) is 1.27. The molecular weight excluding hydrogens is 150 g/mol. The van der Waals surface area contributed by atoms with Gasteiger partial charge in [0.1, 0.15) is 0 Å². The first-order chi connectivity index (χ1) is 4.02. The van der Waals surface area contributed by atoms with Gasteiger partial charge in [-0.05, 0) is 6.92 Å². The second kappa shape index (κ2) is 1.73. The van der Waals surface area contributed by atoms with E-state index in [9.17, 15) is 9.18 Å². The zero-order valence-corrected chi connectivity index (χ0v) is 5.31. The molecule has 1 aliphatic rings. The smallest absolute Gasteiger partial charge is 0.405 e. The van der Waals surface area contributed by atoms with Crippen LogP contribution >= 0.6 is 11.6 Å². The van der Waals surface area contributed by atoms with Crippen LogP contribution in [-0.4, -0.2) is 17.6 Å². The maximum absolute atomic E-state index is 12.3. The van der Waals surface area contributed by atoms with Crippen molar-refractivity contribution in [3.05, 3.63) is 0 Å². The predicted molar refractivity (Wildman–Crippen MR) is 26.7 cm³/mol. The normalized spacial score (nSPS) is 42.1. The van der Waals surface area contributed by atoms with E-state index in [-0.39, 0.29) is 0 Å². The molecule has 0 N–H and O–H groups in total. The molecule has 0 aliphatic carbocycles. The summed E-state index contributed by atoms with van der Waals surface area (Å²) in [5.74, 6) is 0. The van der Waals surface area contributed by atoms with Crippen molar-refractivity contribution in [1.82, 2.24) is 0 Å².